The number of hydrogen-bond acceptors (Lipinski definition) is 4. The first-order valence-electron chi connectivity index (χ1n) is 10.1. The van der Waals surface area contributed by atoms with E-state index in [1.165, 1.54) is 4.90 Å². The smallest absolute Gasteiger partial charge is 0.322 e. The third kappa shape index (κ3) is 8.01. The van der Waals surface area contributed by atoms with Gasteiger partial charge < -0.3 is 29.2 Å². The maximum atomic E-state index is 13.2. The van der Waals surface area contributed by atoms with Crippen molar-refractivity contribution in [2.45, 2.75) is 13.0 Å². The first-order chi connectivity index (χ1) is 15.0. The highest BCUT2D eigenvalue weighted by molar-refractivity contribution is 9.10. The number of nitrogens with zero attached hydrogens (tertiary/aromatic N) is 3. The predicted octanol–water partition coefficient (Wildman–Crippen LogP) is 3.33. The number of carbonyl (C=O) groups excluding carboxylic acids is 2. The van der Waals surface area contributed by atoms with Crippen molar-refractivity contribution in [2.75, 3.05) is 52.4 Å². The molecule has 2 rings (SSSR count). The van der Waals surface area contributed by atoms with Crippen LogP contribution in [0.5, 0.6) is 0 Å². The second-order valence-corrected chi connectivity index (χ2v) is 7.95. The van der Waals surface area contributed by atoms with Gasteiger partial charge >= 0.3 is 6.03 Å². The fourth-order valence-electron chi connectivity index (χ4n) is 3.02. The second-order valence-electron chi connectivity index (χ2n) is 7.10. The number of benzene rings is 1. The van der Waals surface area contributed by atoms with Gasteiger partial charge in [-0.2, -0.15) is 0 Å². The number of methoxy groups -OCH3 is 2. The molecule has 0 fully saturated rings. The monoisotopic (exact) mass is 494 g/mol. The Morgan fingerprint density at radius 3 is 2.42 bits per heavy atom. The second kappa shape index (κ2) is 13.1. The molecule has 1 heterocycles. The molecular weight excluding hydrogens is 464 g/mol. The lowest BCUT2D eigenvalue weighted by molar-refractivity contribution is -0.133. The van der Waals surface area contributed by atoms with Gasteiger partial charge in [0, 0.05) is 57.3 Å². The molecule has 8 nitrogen and oxygen atoms in total. The Bertz CT molecular complexity index is 842. The Morgan fingerprint density at radius 1 is 1.03 bits per heavy atom. The number of anilines is 1. The number of carbonyl (C=O) groups is 2. The number of aromatic nitrogens is 1. The maximum Gasteiger partial charge on any atom is 0.322 e. The van der Waals surface area contributed by atoms with Crippen LogP contribution in [-0.4, -0.2) is 73.4 Å². The van der Waals surface area contributed by atoms with Crippen LogP contribution in [-0.2, 0) is 27.9 Å². The van der Waals surface area contributed by atoms with Crippen LogP contribution in [0, 0.1) is 0 Å². The van der Waals surface area contributed by atoms with Crippen molar-refractivity contribution >= 4 is 33.6 Å². The number of ether oxygens (including phenoxy) is 2. The van der Waals surface area contributed by atoms with Crippen LogP contribution in [0.1, 0.15) is 12.1 Å². The van der Waals surface area contributed by atoms with Crippen molar-refractivity contribution in [1.82, 2.24) is 14.4 Å². The van der Waals surface area contributed by atoms with E-state index in [9.17, 15) is 9.59 Å². The number of nitrogens with one attached hydrogen (secondary N) is 1. The zero-order chi connectivity index (χ0) is 22.6. The summed E-state index contributed by atoms with van der Waals surface area (Å²) in [5.41, 5.74) is 1.66. The molecule has 0 aliphatic carbocycles. The topological polar surface area (TPSA) is 76.0 Å². The largest absolute Gasteiger partial charge is 0.385 e. The average molecular weight is 495 g/mol. The zero-order valence-corrected chi connectivity index (χ0v) is 19.9. The summed E-state index contributed by atoms with van der Waals surface area (Å²) in [6, 6.07) is 10.9. The number of hydrogen-bond donors (Lipinski definition) is 1. The van der Waals surface area contributed by atoms with Gasteiger partial charge in [0.25, 0.3) is 0 Å². The fourth-order valence-corrected chi connectivity index (χ4v) is 3.41. The predicted molar refractivity (Wildman–Crippen MR) is 124 cm³/mol. The van der Waals surface area contributed by atoms with Crippen molar-refractivity contribution in [2.24, 2.45) is 7.05 Å². The lowest BCUT2D eigenvalue weighted by atomic mass is 10.3. The van der Waals surface area contributed by atoms with Crippen molar-refractivity contribution in [1.29, 1.82) is 0 Å². The van der Waals surface area contributed by atoms with Gasteiger partial charge in [-0.15, -0.1) is 0 Å². The molecule has 0 radical (unpaired) electrons. The summed E-state index contributed by atoms with van der Waals surface area (Å²) in [5.74, 6) is -0.141. The van der Waals surface area contributed by atoms with Gasteiger partial charge in [-0.05, 0) is 46.6 Å². The van der Waals surface area contributed by atoms with Gasteiger partial charge in [0.2, 0.25) is 5.91 Å². The Labute approximate surface area is 192 Å². The van der Waals surface area contributed by atoms with Crippen LogP contribution in [0.3, 0.4) is 0 Å². The number of aryl methyl sites for hydroxylation is 1. The fraction of sp³-hybridized carbons (Fsp3) is 0.455. The van der Waals surface area contributed by atoms with Gasteiger partial charge in [0.05, 0.1) is 18.8 Å². The Kier molecular flexibility index (Phi) is 10.6. The lowest BCUT2D eigenvalue weighted by Gasteiger charge is -2.28. The third-order valence-electron chi connectivity index (χ3n) is 4.83. The van der Waals surface area contributed by atoms with E-state index in [2.05, 4.69) is 21.2 Å². The number of para-hydroxylation sites is 1. The number of rotatable bonds is 12. The maximum absolute atomic E-state index is 13.2. The van der Waals surface area contributed by atoms with Crippen LogP contribution < -0.4 is 5.32 Å². The first-order valence-corrected chi connectivity index (χ1v) is 10.9. The van der Waals surface area contributed by atoms with E-state index >= 15 is 0 Å². The van der Waals surface area contributed by atoms with Crippen LogP contribution in [0.15, 0.2) is 47.1 Å². The molecule has 0 saturated heterocycles. The minimum Gasteiger partial charge on any atom is -0.385 e. The molecule has 9 heteroatoms. The van der Waals surface area contributed by atoms with Crippen molar-refractivity contribution in [3.05, 3.63) is 52.8 Å². The van der Waals surface area contributed by atoms with E-state index in [4.69, 9.17) is 9.47 Å². The molecule has 0 unspecified atom stereocenters. The Morgan fingerprint density at radius 2 is 1.77 bits per heavy atom. The Hall–Kier alpha value is -2.36. The standard InChI is InChI=1S/C22H31BrN4O4/c1-25-11-6-8-18(25)16-26(13-15-31-3)21(28)17-27(12-7-14-30-2)22(29)24-20-10-5-4-9-19(20)23/h4-6,8-11H,7,12-17H2,1-3H3,(H,24,29). The first kappa shape index (κ1) is 24.9. The molecule has 1 aromatic heterocycles. The van der Waals surface area contributed by atoms with Gasteiger partial charge in [-0.25, -0.2) is 4.79 Å². The van der Waals surface area contributed by atoms with E-state index in [1.807, 2.05) is 48.1 Å². The van der Waals surface area contributed by atoms with Gasteiger partial charge in [-0.1, -0.05) is 12.1 Å². The molecule has 0 bridgehead atoms. The van der Waals surface area contributed by atoms with Crippen molar-refractivity contribution in [3.8, 4) is 0 Å². The molecule has 0 aliphatic heterocycles. The summed E-state index contributed by atoms with van der Waals surface area (Å²) >= 11 is 3.44. The highest BCUT2D eigenvalue weighted by Crippen LogP contribution is 2.21. The Balaban J connectivity index is 2.11. The summed E-state index contributed by atoms with van der Waals surface area (Å²) in [4.78, 5) is 29.3. The van der Waals surface area contributed by atoms with Gasteiger partial charge in [0.1, 0.15) is 6.54 Å². The summed E-state index contributed by atoms with van der Waals surface area (Å²) in [6.07, 6.45) is 2.57. The molecule has 1 N–H and O–H groups in total. The third-order valence-corrected chi connectivity index (χ3v) is 5.52. The summed E-state index contributed by atoms with van der Waals surface area (Å²) in [5, 5.41) is 2.88. The molecular formula is C22H31BrN4O4. The van der Waals surface area contributed by atoms with Gasteiger partial charge in [0.15, 0.2) is 0 Å². The quantitative estimate of drug-likeness (QED) is 0.459. The summed E-state index contributed by atoms with van der Waals surface area (Å²) in [6.45, 7) is 2.18. The number of urea groups is 1. The lowest BCUT2D eigenvalue weighted by Crippen LogP contribution is -2.45. The normalized spacial score (nSPS) is 10.7. The van der Waals surface area contributed by atoms with Crippen LogP contribution in [0.4, 0.5) is 10.5 Å². The average Bonchev–Trinajstić information content (AvgIpc) is 3.16. The zero-order valence-electron chi connectivity index (χ0n) is 18.3. The molecule has 170 valence electrons. The molecule has 0 saturated carbocycles. The van der Waals surface area contributed by atoms with E-state index in [0.29, 0.717) is 45.0 Å². The van der Waals surface area contributed by atoms with Crippen molar-refractivity contribution in [3.63, 3.8) is 0 Å². The van der Waals surface area contributed by atoms with E-state index < -0.39 is 0 Å². The van der Waals surface area contributed by atoms with Crippen LogP contribution in [0.25, 0.3) is 0 Å². The molecule has 31 heavy (non-hydrogen) atoms. The molecule has 1 aromatic carbocycles. The van der Waals surface area contributed by atoms with E-state index in [-0.39, 0.29) is 18.5 Å². The summed E-state index contributed by atoms with van der Waals surface area (Å²) < 4.78 is 13.0. The molecule has 0 atom stereocenters. The van der Waals surface area contributed by atoms with Crippen LogP contribution >= 0.6 is 15.9 Å². The number of amides is 3. The highest BCUT2D eigenvalue weighted by Gasteiger charge is 2.22. The SMILES string of the molecule is COCCCN(CC(=O)N(CCOC)Cc1cccn1C)C(=O)Nc1ccccc1Br. The van der Waals surface area contributed by atoms with Gasteiger partial charge in [-0.3, -0.25) is 4.79 Å². The highest BCUT2D eigenvalue weighted by atomic mass is 79.9. The molecule has 0 aliphatic rings. The minimum atomic E-state index is -0.332. The number of halogens is 1. The summed E-state index contributed by atoms with van der Waals surface area (Å²) in [7, 11) is 5.16. The molecule has 3 amide bonds. The van der Waals surface area contributed by atoms with E-state index in [1.54, 1.807) is 25.2 Å². The molecule has 2 aromatic rings. The molecule has 0 spiro atoms. The van der Waals surface area contributed by atoms with E-state index in [0.717, 1.165) is 10.2 Å². The minimum absolute atomic E-state index is 0.0336. The van der Waals surface area contributed by atoms with Crippen molar-refractivity contribution < 1.29 is 19.1 Å². The van der Waals surface area contributed by atoms with Crippen LogP contribution in [0.2, 0.25) is 0 Å².